The standard InChI is InChI=1S/C12H13BrO5S/c1-8(19(16,17)7-11(14)18-2)12(15)9-3-5-10(13)6-4-9/h3-6,8H,7H2,1-2H3. The van der Waals surface area contributed by atoms with Crippen molar-refractivity contribution < 1.29 is 22.7 Å². The van der Waals surface area contributed by atoms with E-state index in [0.717, 1.165) is 11.6 Å². The first-order valence-electron chi connectivity index (χ1n) is 5.36. The average molecular weight is 349 g/mol. The third-order valence-electron chi connectivity index (χ3n) is 2.58. The smallest absolute Gasteiger partial charge is 0.320 e. The van der Waals surface area contributed by atoms with Crippen molar-refractivity contribution in [1.29, 1.82) is 0 Å². The zero-order valence-electron chi connectivity index (χ0n) is 10.4. The van der Waals surface area contributed by atoms with Crippen molar-refractivity contribution in [2.24, 2.45) is 0 Å². The monoisotopic (exact) mass is 348 g/mol. The van der Waals surface area contributed by atoms with E-state index in [1.165, 1.54) is 19.1 Å². The molecule has 1 aromatic carbocycles. The van der Waals surface area contributed by atoms with E-state index in [1.54, 1.807) is 12.1 Å². The van der Waals surface area contributed by atoms with Crippen LogP contribution >= 0.6 is 15.9 Å². The maximum Gasteiger partial charge on any atom is 0.320 e. The highest BCUT2D eigenvalue weighted by Crippen LogP contribution is 2.15. The zero-order valence-corrected chi connectivity index (χ0v) is 12.8. The molecule has 0 saturated carbocycles. The summed E-state index contributed by atoms with van der Waals surface area (Å²) in [6.07, 6.45) is 0. The van der Waals surface area contributed by atoms with Crippen LogP contribution in [0.25, 0.3) is 0 Å². The van der Waals surface area contributed by atoms with Crippen LogP contribution in [0, 0.1) is 0 Å². The van der Waals surface area contributed by atoms with Crippen LogP contribution in [-0.4, -0.2) is 38.3 Å². The van der Waals surface area contributed by atoms with Crippen molar-refractivity contribution >= 4 is 37.5 Å². The fraction of sp³-hybridized carbons (Fsp3) is 0.333. The highest BCUT2D eigenvalue weighted by atomic mass is 79.9. The quantitative estimate of drug-likeness (QED) is 0.596. The Kier molecular flexibility index (Phi) is 5.25. The molecule has 0 amide bonds. The average Bonchev–Trinajstić information content (AvgIpc) is 2.37. The van der Waals surface area contributed by atoms with E-state index in [4.69, 9.17) is 0 Å². The van der Waals surface area contributed by atoms with Gasteiger partial charge in [0.2, 0.25) is 0 Å². The second-order valence-corrected chi connectivity index (χ2v) is 7.13. The van der Waals surface area contributed by atoms with Gasteiger partial charge in [0.25, 0.3) is 0 Å². The third kappa shape index (κ3) is 4.14. The molecule has 0 aliphatic rings. The van der Waals surface area contributed by atoms with E-state index in [2.05, 4.69) is 20.7 Å². The maximum absolute atomic E-state index is 12.0. The lowest BCUT2D eigenvalue weighted by Crippen LogP contribution is -2.32. The summed E-state index contributed by atoms with van der Waals surface area (Å²) in [6, 6.07) is 6.34. The Morgan fingerprint density at radius 3 is 2.26 bits per heavy atom. The summed E-state index contributed by atoms with van der Waals surface area (Å²) in [7, 11) is -2.77. The molecule has 1 atom stereocenters. The lowest BCUT2D eigenvalue weighted by atomic mass is 10.1. The van der Waals surface area contributed by atoms with Gasteiger partial charge in [-0.3, -0.25) is 9.59 Å². The number of rotatable bonds is 5. The number of ketones is 1. The molecule has 19 heavy (non-hydrogen) atoms. The van der Waals surface area contributed by atoms with E-state index in [-0.39, 0.29) is 5.56 Å². The molecule has 1 aromatic rings. The van der Waals surface area contributed by atoms with Gasteiger partial charge in [-0.1, -0.05) is 28.1 Å². The van der Waals surface area contributed by atoms with Gasteiger partial charge in [0.15, 0.2) is 15.6 Å². The highest BCUT2D eigenvalue weighted by Gasteiger charge is 2.31. The largest absolute Gasteiger partial charge is 0.468 e. The number of halogens is 1. The Morgan fingerprint density at radius 1 is 1.26 bits per heavy atom. The van der Waals surface area contributed by atoms with E-state index >= 15 is 0 Å². The van der Waals surface area contributed by atoms with Crippen molar-refractivity contribution in [1.82, 2.24) is 0 Å². The molecule has 5 nitrogen and oxygen atoms in total. The number of carbonyl (C=O) groups excluding carboxylic acids is 2. The first kappa shape index (κ1) is 15.8. The predicted molar refractivity (Wildman–Crippen MR) is 73.7 cm³/mol. The minimum absolute atomic E-state index is 0.282. The molecule has 0 aromatic heterocycles. The molecule has 7 heteroatoms. The zero-order chi connectivity index (χ0) is 14.6. The van der Waals surface area contributed by atoms with Crippen molar-refractivity contribution in [3.05, 3.63) is 34.3 Å². The molecule has 0 N–H and O–H groups in total. The van der Waals surface area contributed by atoms with Crippen LogP contribution < -0.4 is 0 Å². The van der Waals surface area contributed by atoms with Gasteiger partial charge < -0.3 is 4.74 Å². The Hall–Kier alpha value is -1.21. The first-order valence-corrected chi connectivity index (χ1v) is 7.87. The van der Waals surface area contributed by atoms with Crippen LogP contribution in [0.1, 0.15) is 17.3 Å². The number of hydrogen-bond donors (Lipinski definition) is 0. The summed E-state index contributed by atoms with van der Waals surface area (Å²) in [5, 5.41) is -1.28. The summed E-state index contributed by atoms with van der Waals surface area (Å²) in [6.45, 7) is 1.27. The van der Waals surface area contributed by atoms with Crippen LogP contribution in [-0.2, 0) is 19.4 Å². The molecule has 104 valence electrons. The van der Waals surface area contributed by atoms with Gasteiger partial charge in [-0.25, -0.2) is 8.42 Å². The number of hydrogen-bond acceptors (Lipinski definition) is 5. The second kappa shape index (κ2) is 6.29. The minimum atomic E-state index is -3.86. The number of methoxy groups -OCH3 is 1. The van der Waals surface area contributed by atoms with E-state index in [1.807, 2.05) is 0 Å². The van der Waals surface area contributed by atoms with Crippen LogP contribution in [0.15, 0.2) is 28.7 Å². The molecule has 0 aliphatic heterocycles. The Labute approximate surface area is 120 Å². The number of esters is 1. The summed E-state index contributed by atoms with van der Waals surface area (Å²) in [4.78, 5) is 23.0. The summed E-state index contributed by atoms with van der Waals surface area (Å²) in [5.41, 5.74) is 0.282. The molecule has 1 rings (SSSR count). The first-order chi connectivity index (χ1) is 8.77. The van der Waals surface area contributed by atoms with Crippen LogP contribution in [0.4, 0.5) is 0 Å². The summed E-state index contributed by atoms with van der Waals surface area (Å²) >= 11 is 3.22. The number of Topliss-reactive ketones (excluding diaryl/α,β-unsaturated/α-hetero) is 1. The second-order valence-electron chi connectivity index (χ2n) is 3.90. The molecule has 0 bridgehead atoms. The number of carbonyl (C=O) groups is 2. The van der Waals surface area contributed by atoms with Gasteiger partial charge in [0, 0.05) is 10.0 Å². The van der Waals surface area contributed by atoms with Crippen molar-refractivity contribution in [2.45, 2.75) is 12.2 Å². The SMILES string of the molecule is COC(=O)CS(=O)(=O)C(C)C(=O)c1ccc(Br)cc1. The van der Waals surface area contributed by atoms with Gasteiger partial charge in [-0.2, -0.15) is 0 Å². The molecule has 0 radical (unpaired) electrons. The molecule has 0 spiro atoms. The van der Waals surface area contributed by atoms with Gasteiger partial charge in [0.05, 0.1) is 7.11 Å². The van der Waals surface area contributed by atoms with Crippen molar-refractivity contribution in [2.75, 3.05) is 12.9 Å². The van der Waals surface area contributed by atoms with Crippen LogP contribution in [0.5, 0.6) is 0 Å². The van der Waals surface area contributed by atoms with Crippen LogP contribution in [0.2, 0.25) is 0 Å². The highest BCUT2D eigenvalue weighted by molar-refractivity contribution is 9.10. The minimum Gasteiger partial charge on any atom is -0.468 e. The third-order valence-corrected chi connectivity index (χ3v) is 5.04. The van der Waals surface area contributed by atoms with Crippen molar-refractivity contribution in [3.8, 4) is 0 Å². The lowest BCUT2D eigenvalue weighted by molar-refractivity contribution is -0.137. The topological polar surface area (TPSA) is 77.5 Å². The molecule has 0 heterocycles. The summed E-state index contributed by atoms with van der Waals surface area (Å²) < 4.78 is 28.8. The Morgan fingerprint density at radius 2 is 1.79 bits per heavy atom. The van der Waals surface area contributed by atoms with Crippen LogP contribution in [0.3, 0.4) is 0 Å². The molecule has 1 unspecified atom stereocenters. The molecule has 0 aliphatic carbocycles. The predicted octanol–water partition coefficient (Wildman–Crippen LogP) is 1.61. The normalized spacial score (nSPS) is 12.8. The van der Waals surface area contributed by atoms with Gasteiger partial charge >= 0.3 is 5.97 Å². The Balaban J connectivity index is 2.93. The van der Waals surface area contributed by atoms with E-state index in [0.29, 0.717) is 0 Å². The maximum atomic E-state index is 12.0. The van der Waals surface area contributed by atoms with Gasteiger partial charge in [-0.05, 0) is 19.1 Å². The fourth-order valence-electron chi connectivity index (χ4n) is 1.36. The fourth-order valence-corrected chi connectivity index (χ4v) is 2.78. The number of sulfone groups is 1. The number of benzene rings is 1. The van der Waals surface area contributed by atoms with Gasteiger partial charge in [0.1, 0.15) is 11.0 Å². The Bertz CT molecular complexity index is 577. The van der Waals surface area contributed by atoms with E-state index < -0.39 is 32.6 Å². The number of ether oxygens (including phenoxy) is 1. The summed E-state index contributed by atoms with van der Waals surface area (Å²) in [5.74, 6) is -2.22. The molecule has 0 fully saturated rings. The molecular weight excluding hydrogens is 336 g/mol. The lowest BCUT2D eigenvalue weighted by Gasteiger charge is -2.11. The molecule has 0 saturated heterocycles. The van der Waals surface area contributed by atoms with Gasteiger partial charge in [-0.15, -0.1) is 0 Å². The van der Waals surface area contributed by atoms with Crippen molar-refractivity contribution in [3.63, 3.8) is 0 Å². The molecular formula is C12H13BrO5S. The van der Waals surface area contributed by atoms with E-state index in [9.17, 15) is 18.0 Å².